The fraction of sp³-hybridized carbons (Fsp3) is 0.484. The Morgan fingerprint density at radius 2 is 1.93 bits per heavy atom. The van der Waals surface area contributed by atoms with E-state index in [4.69, 9.17) is 18.9 Å². The van der Waals surface area contributed by atoms with Gasteiger partial charge >= 0.3 is 12.1 Å². The van der Waals surface area contributed by atoms with Gasteiger partial charge in [0.05, 0.1) is 18.8 Å². The summed E-state index contributed by atoms with van der Waals surface area (Å²) < 4.78 is 23.6. The van der Waals surface area contributed by atoms with Crippen LogP contribution in [0.5, 0.6) is 0 Å². The normalized spacial score (nSPS) is 23.4. The maximum atomic E-state index is 12.9. The predicted molar refractivity (Wildman–Crippen MR) is 150 cm³/mol. The Kier molecular flexibility index (Phi) is 9.97. The highest BCUT2D eigenvalue weighted by atomic mass is 16.7. The van der Waals surface area contributed by atoms with Crippen LogP contribution in [0.15, 0.2) is 61.2 Å². The van der Waals surface area contributed by atoms with E-state index in [9.17, 15) is 14.7 Å². The Bertz CT molecular complexity index is 1160. The Hall–Kier alpha value is -3.24. The number of carbonyl (C=O) groups excluding carboxylic acids is 2. The third kappa shape index (κ3) is 8.14. The molecule has 9 nitrogen and oxygen atoms in total. The van der Waals surface area contributed by atoms with Gasteiger partial charge in [-0.25, -0.2) is 4.79 Å². The van der Waals surface area contributed by atoms with E-state index < -0.39 is 18.0 Å². The molecule has 216 valence electrons. The van der Waals surface area contributed by atoms with Gasteiger partial charge in [-0.3, -0.25) is 15.0 Å². The second-order valence-electron chi connectivity index (χ2n) is 11.2. The molecule has 4 atom stereocenters. The number of benzene rings is 2. The molecule has 0 spiro atoms. The van der Waals surface area contributed by atoms with E-state index in [1.807, 2.05) is 57.2 Å². The summed E-state index contributed by atoms with van der Waals surface area (Å²) in [5.74, 6) is -0.202. The van der Waals surface area contributed by atoms with Crippen molar-refractivity contribution in [3.8, 4) is 0 Å². The highest BCUT2D eigenvalue weighted by Crippen LogP contribution is 2.39. The van der Waals surface area contributed by atoms with Crippen molar-refractivity contribution >= 4 is 17.7 Å². The molecule has 40 heavy (non-hydrogen) atoms. The molecule has 2 heterocycles. The maximum absolute atomic E-state index is 12.9. The van der Waals surface area contributed by atoms with E-state index in [1.165, 1.54) is 6.08 Å². The summed E-state index contributed by atoms with van der Waals surface area (Å²) in [6.07, 6.45) is 1.99. The molecule has 0 bridgehead atoms. The van der Waals surface area contributed by atoms with Crippen LogP contribution in [0, 0.1) is 0 Å². The number of anilines is 1. The topological polar surface area (TPSA) is 107 Å². The lowest BCUT2D eigenvalue weighted by Gasteiger charge is -2.38. The van der Waals surface area contributed by atoms with Gasteiger partial charge in [0.2, 0.25) is 0 Å². The van der Waals surface area contributed by atoms with Gasteiger partial charge < -0.3 is 24.1 Å². The molecule has 0 aliphatic carbocycles. The predicted octanol–water partition coefficient (Wildman–Crippen LogP) is 5.26. The number of hydrogen-bond donors (Lipinski definition) is 2. The number of carbonyl (C=O) groups is 2. The van der Waals surface area contributed by atoms with Gasteiger partial charge in [-0.15, -0.1) is 0 Å². The standard InChI is InChI=1S/C31H40N2O7/c1-5-16-37-30(36)32-24-9-6-8-23(17-24)29-38-25(18-27(39-29)22-13-11-21(20-34)12-14-22)19-33-15-7-10-26(33)28(35)40-31(2,3)4/h5-6,8-9,11-14,17,25-27,29,34H,1,7,10,15-16,18-20H2,2-4H3,(H,32,36)/t25-,26+,27+,29+/m1/s1. The Balaban J connectivity index is 1.53. The average molecular weight is 553 g/mol. The highest BCUT2D eigenvalue weighted by Gasteiger charge is 2.39. The van der Waals surface area contributed by atoms with E-state index in [0.29, 0.717) is 18.7 Å². The Morgan fingerprint density at radius 1 is 1.15 bits per heavy atom. The first-order valence-corrected chi connectivity index (χ1v) is 13.8. The molecule has 9 heteroatoms. The van der Waals surface area contributed by atoms with Crippen molar-refractivity contribution in [1.82, 2.24) is 4.90 Å². The number of aliphatic hydroxyl groups is 1. The highest BCUT2D eigenvalue weighted by molar-refractivity contribution is 5.84. The van der Waals surface area contributed by atoms with Gasteiger partial charge in [0, 0.05) is 24.2 Å². The first-order chi connectivity index (χ1) is 19.1. The van der Waals surface area contributed by atoms with Gasteiger partial charge in [-0.2, -0.15) is 0 Å². The van der Waals surface area contributed by atoms with E-state index in [0.717, 1.165) is 36.1 Å². The van der Waals surface area contributed by atoms with Crippen molar-refractivity contribution < 1.29 is 33.6 Å². The number of amides is 1. The Morgan fingerprint density at radius 3 is 2.62 bits per heavy atom. The van der Waals surface area contributed by atoms with Crippen LogP contribution in [-0.4, -0.2) is 59.5 Å². The third-order valence-electron chi connectivity index (χ3n) is 6.83. The minimum absolute atomic E-state index is 0.0315. The third-order valence-corrected chi connectivity index (χ3v) is 6.83. The molecule has 2 N–H and O–H groups in total. The van der Waals surface area contributed by atoms with Gasteiger partial charge in [0.25, 0.3) is 0 Å². The quantitative estimate of drug-likeness (QED) is 0.320. The average Bonchev–Trinajstić information content (AvgIpc) is 3.39. The summed E-state index contributed by atoms with van der Waals surface area (Å²) in [6.45, 7) is 10.6. The molecule has 2 aromatic carbocycles. The van der Waals surface area contributed by atoms with Crippen molar-refractivity contribution in [3.63, 3.8) is 0 Å². The molecule has 0 radical (unpaired) electrons. The second-order valence-corrected chi connectivity index (χ2v) is 11.2. The Labute approximate surface area is 236 Å². The number of esters is 1. The summed E-state index contributed by atoms with van der Waals surface area (Å²) in [6, 6.07) is 14.7. The van der Waals surface area contributed by atoms with E-state index in [2.05, 4.69) is 16.8 Å². The molecule has 0 saturated carbocycles. The van der Waals surface area contributed by atoms with Crippen molar-refractivity contribution in [3.05, 3.63) is 77.9 Å². The molecule has 4 rings (SSSR count). The summed E-state index contributed by atoms with van der Waals surface area (Å²) in [5, 5.41) is 12.2. The number of aliphatic hydroxyl groups excluding tert-OH is 1. The molecule has 2 saturated heterocycles. The van der Waals surface area contributed by atoms with Gasteiger partial charge in [0.1, 0.15) is 18.2 Å². The molecule has 0 unspecified atom stereocenters. The molecule has 2 aromatic rings. The van der Waals surface area contributed by atoms with Crippen LogP contribution in [0.25, 0.3) is 0 Å². The molecule has 0 aromatic heterocycles. The zero-order chi connectivity index (χ0) is 28.7. The lowest BCUT2D eigenvalue weighted by atomic mass is 9.99. The van der Waals surface area contributed by atoms with Crippen LogP contribution in [0.2, 0.25) is 0 Å². The van der Waals surface area contributed by atoms with Crippen LogP contribution in [-0.2, 0) is 30.3 Å². The number of nitrogens with one attached hydrogen (secondary N) is 1. The van der Waals surface area contributed by atoms with E-state index >= 15 is 0 Å². The number of nitrogens with zero attached hydrogens (tertiary/aromatic N) is 1. The first kappa shape index (κ1) is 29.7. The number of likely N-dealkylation sites (tertiary alicyclic amines) is 1. The fourth-order valence-corrected chi connectivity index (χ4v) is 5.03. The number of hydrogen-bond acceptors (Lipinski definition) is 8. The summed E-state index contributed by atoms with van der Waals surface area (Å²) in [5.41, 5.74) is 2.54. The zero-order valence-corrected chi connectivity index (χ0v) is 23.5. The second kappa shape index (κ2) is 13.4. The summed E-state index contributed by atoms with van der Waals surface area (Å²) in [4.78, 5) is 27.2. The van der Waals surface area contributed by atoms with Crippen LogP contribution < -0.4 is 5.32 Å². The van der Waals surface area contributed by atoms with Crippen molar-refractivity contribution in [2.24, 2.45) is 0 Å². The van der Waals surface area contributed by atoms with Crippen molar-refractivity contribution in [2.75, 3.05) is 25.0 Å². The van der Waals surface area contributed by atoms with Gasteiger partial charge in [-0.1, -0.05) is 49.1 Å². The summed E-state index contributed by atoms with van der Waals surface area (Å²) in [7, 11) is 0. The lowest BCUT2D eigenvalue weighted by Crippen LogP contribution is -2.45. The lowest BCUT2D eigenvalue weighted by molar-refractivity contribution is -0.253. The first-order valence-electron chi connectivity index (χ1n) is 13.8. The molecule has 2 fully saturated rings. The SMILES string of the molecule is C=CCOC(=O)Nc1cccc([C@H]2O[C@@H](CN3CCC[C@H]3C(=O)OC(C)(C)C)C[C@@H](c3ccc(CO)cc3)O2)c1. The summed E-state index contributed by atoms with van der Waals surface area (Å²) >= 11 is 0. The number of rotatable bonds is 9. The van der Waals surface area contributed by atoms with Crippen LogP contribution in [0.4, 0.5) is 10.5 Å². The monoisotopic (exact) mass is 552 g/mol. The van der Waals surface area contributed by atoms with Crippen LogP contribution in [0.1, 0.15) is 69.1 Å². The fourth-order valence-electron chi connectivity index (χ4n) is 5.03. The molecule has 2 aliphatic heterocycles. The molecule has 2 aliphatic rings. The largest absolute Gasteiger partial charge is 0.459 e. The molecule has 1 amide bonds. The van der Waals surface area contributed by atoms with E-state index in [1.54, 1.807) is 12.1 Å². The molecular formula is C31H40N2O7. The number of ether oxygens (including phenoxy) is 4. The zero-order valence-electron chi connectivity index (χ0n) is 23.5. The smallest absolute Gasteiger partial charge is 0.411 e. The van der Waals surface area contributed by atoms with Gasteiger partial charge in [-0.05, 0) is 63.4 Å². The van der Waals surface area contributed by atoms with E-state index in [-0.39, 0.29) is 37.4 Å². The maximum Gasteiger partial charge on any atom is 0.411 e. The van der Waals surface area contributed by atoms with Crippen molar-refractivity contribution in [2.45, 2.75) is 76.8 Å². The van der Waals surface area contributed by atoms with Crippen LogP contribution in [0.3, 0.4) is 0 Å². The minimum Gasteiger partial charge on any atom is -0.459 e. The van der Waals surface area contributed by atoms with Gasteiger partial charge in [0.15, 0.2) is 6.29 Å². The molecular weight excluding hydrogens is 512 g/mol. The van der Waals surface area contributed by atoms with Crippen LogP contribution >= 0.6 is 0 Å². The van der Waals surface area contributed by atoms with Crippen molar-refractivity contribution in [1.29, 1.82) is 0 Å². The minimum atomic E-state index is -0.699.